The molecule has 6 heteroatoms. The summed E-state index contributed by atoms with van der Waals surface area (Å²) in [7, 11) is 0. The number of esters is 2. The molecule has 0 saturated carbocycles. The van der Waals surface area contributed by atoms with E-state index >= 15 is 0 Å². The average molecular weight is 311 g/mol. The lowest BCUT2D eigenvalue weighted by atomic mass is 9.77. The van der Waals surface area contributed by atoms with E-state index in [0.29, 0.717) is 10.6 Å². The highest BCUT2D eigenvalue weighted by Crippen LogP contribution is 2.40. The van der Waals surface area contributed by atoms with Gasteiger partial charge < -0.3 is 9.47 Å². The number of Topliss-reactive ketones (excluding diaryl/α,β-unsaturated/α-hetero) is 1. The maximum atomic E-state index is 12.4. The molecule has 0 amide bonds. The molecular formula is C15H15ClO5. The lowest BCUT2D eigenvalue weighted by Gasteiger charge is -2.37. The number of benzene rings is 1. The molecule has 1 unspecified atom stereocenters. The molecule has 0 saturated heterocycles. The molecule has 112 valence electrons. The van der Waals surface area contributed by atoms with E-state index in [9.17, 15) is 14.4 Å². The number of carbonyl (C=O) groups is 3. The summed E-state index contributed by atoms with van der Waals surface area (Å²) in [4.78, 5) is 36.1. The van der Waals surface area contributed by atoms with E-state index < -0.39 is 29.2 Å². The molecule has 0 fully saturated rings. The molecule has 1 heterocycles. The molecule has 0 aliphatic carbocycles. The van der Waals surface area contributed by atoms with Crippen LogP contribution in [0, 0.1) is 0 Å². The molecule has 1 aromatic carbocycles. The zero-order valence-corrected chi connectivity index (χ0v) is 12.7. The van der Waals surface area contributed by atoms with Gasteiger partial charge >= 0.3 is 11.9 Å². The molecule has 2 rings (SSSR count). The summed E-state index contributed by atoms with van der Waals surface area (Å²) in [6, 6.07) is 4.54. The van der Waals surface area contributed by atoms with Crippen LogP contribution in [0.5, 0.6) is 0 Å². The number of rotatable bonds is 3. The Bertz CT molecular complexity index is 620. The fourth-order valence-corrected chi connectivity index (χ4v) is 2.64. The summed E-state index contributed by atoms with van der Waals surface area (Å²) in [6.45, 7) is 4.87. The van der Waals surface area contributed by atoms with E-state index in [1.807, 2.05) is 0 Å². The van der Waals surface area contributed by atoms with Gasteiger partial charge in [-0.1, -0.05) is 11.6 Å². The van der Waals surface area contributed by atoms with E-state index in [4.69, 9.17) is 21.1 Å². The summed E-state index contributed by atoms with van der Waals surface area (Å²) in [6.07, 6.45) is 0. The molecule has 0 bridgehead atoms. The molecule has 0 spiro atoms. The molecule has 5 nitrogen and oxygen atoms in total. The van der Waals surface area contributed by atoms with E-state index in [1.54, 1.807) is 20.8 Å². The zero-order valence-electron chi connectivity index (χ0n) is 11.9. The number of fused-ring (bicyclic) bond motifs is 1. The second-order valence-electron chi connectivity index (χ2n) is 5.24. The second kappa shape index (κ2) is 5.48. The van der Waals surface area contributed by atoms with Crippen molar-refractivity contribution in [2.75, 3.05) is 6.61 Å². The first-order chi connectivity index (χ1) is 9.77. The summed E-state index contributed by atoms with van der Waals surface area (Å²) in [5.41, 5.74) is -0.526. The number of ether oxygens (including phenoxy) is 2. The standard InChI is InChI=1S/C15H15ClO5/c1-4-20-14(19)12(17)11-10-7-8(16)5-6-9(10)13(18)21-15(11,2)3/h5-7,11H,4H2,1-3H3. The zero-order chi connectivity index (χ0) is 15.8. The topological polar surface area (TPSA) is 69.7 Å². The molecule has 1 atom stereocenters. The first-order valence-corrected chi connectivity index (χ1v) is 6.89. The number of ketones is 1. The Morgan fingerprint density at radius 3 is 2.67 bits per heavy atom. The van der Waals surface area contributed by atoms with Gasteiger partial charge in [-0.25, -0.2) is 9.59 Å². The molecule has 1 aromatic rings. The van der Waals surface area contributed by atoms with Crippen LogP contribution in [0.3, 0.4) is 0 Å². The number of hydrogen-bond donors (Lipinski definition) is 0. The van der Waals surface area contributed by atoms with Crippen LogP contribution < -0.4 is 0 Å². The van der Waals surface area contributed by atoms with Crippen molar-refractivity contribution in [1.82, 2.24) is 0 Å². The Morgan fingerprint density at radius 1 is 1.38 bits per heavy atom. The molecule has 0 N–H and O–H groups in total. The predicted molar refractivity (Wildman–Crippen MR) is 75.3 cm³/mol. The van der Waals surface area contributed by atoms with Crippen LogP contribution in [-0.4, -0.2) is 29.9 Å². The van der Waals surface area contributed by atoms with Crippen molar-refractivity contribution in [2.24, 2.45) is 0 Å². The van der Waals surface area contributed by atoms with Gasteiger partial charge in [-0.2, -0.15) is 0 Å². The van der Waals surface area contributed by atoms with Crippen molar-refractivity contribution in [3.63, 3.8) is 0 Å². The van der Waals surface area contributed by atoms with Crippen molar-refractivity contribution in [1.29, 1.82) is 0 Å². The lowest BCUT2D eigenvalue weighted by molar-refractivity contribution is -0.157. The van der Waals surface area contributed by atoms with Gasteiger partial charge in [0, 0.05) is 5.02 Å². The number of hydrogen-bond acceptors (Lipinski definition) is 5. The maximum Gasteiger partial charge on any atom is 0.375 e. The van der Waals surface area contributed by atoms with Crippen molar-refractivity contribution >= 4 is 29.3 Å². The largest absolute Gasteiger partial charge is 0.460 e. The van der Waals surface area contributed by atoms with Gasteiger partial charge in [-0.3, -0.25) is 4.79 Å². The molecule has 21 heavy (non-hydrogen) atoms. The van der Waals surface area contributed by atoms with E-state index in [1.165, 1.54) is 18.2 Å². The minimum atomic E-state index is -1.15. The second-order valence-corrected chi connectivity index (χ2v) is 5.68. The molecule has 1 aliphatic heterocycles. The van der Waals surface area contributed by atoms with Crippen LogP contribution >= 0.6 is 11.6 Å². The van der Waals surface area contributed by atoms with Gasteiger partial charge in [0.05, 0.1) is 18.1 Å². The minimum absolute atomic E-state index is 0.0971. The van der Waals surface area contributed by atoms with Crippen LogP contribution in [0.4, 0.5) is 0 Å². The lowest BCUT2D eigenvalue weighted by Crippen LogP contribution is -2.46. The Morgan fingerprint density at radius 2 is 2.05 bits per heavy atom. The van der Waals surface area contributed by atoms with Gasteiger partial charge in [-0.15, -0.1) is 0 Å². The summed E-state index contributed by atoms with van der Waals surface area (Å²) in [5, 5.41) is 0.376. The summed E-state index contributed by atoms with van der Waals surface area (Å²) >= 11 is 5.95. The number of cyclic esters (lactones) is 1. The minimum Gasteiger partial charge on any atom is -0.460 e. The molecule has 0 aromatic heterocycles. The quantitative estimate of drug-likeness (QED) is 0.633. The first-order valence-electron chi connectivity index (χ1n) is 6.51. The van der Waals surface area contributed by atoms with Crippen molar-refractivity contribution < 1.29 is 23.9 Å². The van der Waals surface area contributed by atoms with Crippen LogP contribution in [0.1, 0.15) is 42.6 Å². The van der Waals surface area contributed by atoms with Gasteiger partial charge in [0.1, 0.15) is 5.60 Å². The smallest absolute Gasteiger partial charge is 0.375 e. The van der Waals surface area contributed by atoms with Crippen molar-refractivity contribution in [3.05, 3.63) is 34.3 Å². The van der Waals surface area contributed by atoms with Gasteiger partial charge in [0.25, 0.3) is 5.78 Å². The summed E-state index contributed by atoms with van der Waals surface area (Å²) in [5.74, 6) is -3.18. The first kappa shape index (κ1) is 15.5. The van der Waals surface area contributed by atoms with Crippen LogP contribution in [0.2, 0.25) is 5.02 Å². The van der Waals surface area contributed by atoms with Gasteiger partial charge in [-0.05, 0) is 44.5 Å². The fourth-order valence-electron chi connectivity index (χ4n) is 2.46. The monoisotopic (exact) mass is 310 g/mol. The van der Waals surface area contributed by atoms with Crippen molar-refractivity contribution in [2.45, 2.75) is 32.3 Å². The molecular weight excluding hydrogens is 296 g/mol. The molecule has 0 radical (unpaired) electrons. The highest BCUT2D eigenvalue weighted by atomic mass is 35.5. The van der Waals surface area contributed by atoms with E-state index in [-0.39, 0.29) is 12.2 Å². The third-order valence-corrected chi connectivity index (χ3v) is 3.57. The average Bonchev–Trinajstić information content (AvgIpc) is 2.37. The van der Waals surface area contributed by atoms with Crippen LogP contribution in [0.15, 0.2) is 18.2 Å². The highest BCUT2D eigenvalue weighted by molar-refractivity contribution is 6.36. The summed E-state index contributed by atoms with van der Waals surface area (Å²) < 4.78 is 10.1. The van der Waals surface area contributed by atoms with Crippen LogP contribution in [-0.2, 0) is 19.1 Å². The number of carbonyl (C=O) groups excluding carboxylic acids is 3. The maximum absolute atomic E-state index is 12.4. The predicted octanol–water partition coefficient (Wildman–Crippen LogP) is 2.50. The Kier molecular flexibility index (Phi) is 4.05. The van der Waals surface area contributed by atoms with Crippen LogP contribution in [0.25, 0.3) is 0 Å². The highest BCUT2D eigenvalue weighted by Gasteiger charge is 2.48. The fraction of sp³-hybridized carbons (Fsp3) is 0.400. The van der Waals surface area contributed by atoms with Gasteiger partial charge in [0.15, 0.2) is 0 Å². The molecule has 1 aliphatic rings. The number of halogens is 1. The normalized spacial score (nSPS) is 19.4. The SMILES string of the molecule is CCOC(=O)C(=O)C1c2cc(Cl)ccc2C(=O)OC1(C)C. The third-order valence-electron chi connectivity index (χ3n) is 3.33. The van der Waals surface area contributed by atoms with E-state index in [0.717, 1.165) is 0 Å². The van der Waals surface area contributed by atoms with Gasteiger partial charge in [0.2, 0.25) is 0 Å². The third kappa shape index (κ3) is 2.78. The Balaban J connectivity index is 2.55. The van der Waals surface area contributed by atoms with Crippen molar-refractivity contribution in [3.8, 4) is 0 Å². The van der Waals surface area contributed by atoms with E-state index in [2.05, 4.69) is 0 Å². The Labute approximate surface area is 127 Å². The Hall–Kier alpha value is -1.88.